The second kappa shape index (κ2) is 9.59. The summed E-state index contributed by atoms with van der Waals surface area (Å²) in [6.45, 7) is 5.26. The Kier molecular flexibility index (Phi) is 6.67. The summed E-state index contributed by atoms with van der Waals surface area (Å²) in [7, 11) is 0. The molecule has 2 heterocycles. The molecule has 0 radical (unpaired) electrons. The molecule has 28 heavy (non-hydrogen) atoms. The van der Waals surface area contributed by atoms with Crippen LogP contribution in [0, 0.1) is 0 Å². The normalized spacial score (nSPS) is 13.8. The zero-order valence-electron chi connectivity index (χ0n) is 15.9. The van der Waals surface area contributed by atoms with E-state index in [1.807, 2.05) is 30.0 Å². The van der Waals surface area contributed by atoms with Crippen molar-refractivity contribution in [2.24, 2.45) is 0 Å². The van der Waals surface area contributed by atoms with Crippen LogP contribution in [0.3, 0.4) is 0 Å². The SMILES string of the molecule is CCNC(=O)Nc1ccc(OCC(=O)N2CCN(c3ccccc3)CC2)nc1. The lowest BCUT2D eigenvalue weighted by Crippen LogP contribution is -2.50. The average Bonchev–Trinajstić information content (AvgIpc) is 2.74. The molecule has 8 heteroatoms. The molecule has 1 aliphatic rings. The van der Waals surface area contributed by atoms with Crippen LogP contribution in [-0.4, -0.2) is 61.2 Å². The zero-order chi connectivity index (χ0) is 19.8. The number of anilines is 2. The highest BCUT2D eigenvalue weighted by atomic mass is 16.5. The van der Waals surface area contributed by atoms with Gasteiger partial charge in [-0.2, -0.15) is 0 Å². The summed E-state index contributed by atoms with van der Waals surface area (Å²) in [5, 5.41) is 5.29. The van der Waals surface area contributed by atoms with E-state index in [-0.39, 0.29) is 18.5 Å². The predicted molar refractivity (Wildman–Crippen MR) is 108 cm³/mol. The third kappa shape index (κ3) is 5.35. The fraction of sp³-hybridized carbons (Fsp3) is 0.350. The van der Waals surface area contributed by atoms with Gasteiger partial charge < -0.3 is 25.2 Å². The molecule has 1 aliphatic heterocycles. The van der Waals surface area contributed by atoms with Crippen molar-refractivity contribution in [2.45, 2.75) is 6.92 Å². The number of aromatic nitrogens is 1. The number of nitrogens with zero attached hydrogens (tertiary/aromatic N) is 3. The van der Waals surface area contributed by atoms with Crippen LogP contribution < -0.4 is 20.3 Å². The molecule has 0 bridgehead atoms. The fourth-order valence-corrected chi connectivity index (χ4v) is 2.96. The second-order valence-corrected chi connectivity index (χ2v) is 6.36. The number of benzene rings is 1. The fourth-order valence-electron chi connectivity index (χ4n) is 2.96. The molecule has 3 amide bonds. The largest absolute Gasteiger partial charge is 0.468 e. The number of pyridine rings is 1. The van der Waals surface area contributed by atoms with E-state index in [0.29, 0.717) is 31.2 Å². The minimum absolute atomic E-state index is 0.0541. The Morgan fingerprint density at radius 1 is 1.07 bits per heavy atom. The first-order chi connectivity index (χ1) is 13.7. The van der Waals surface area contributed by atoms with Gasteiger partial charge in [0.05, 0.1) is 11.9 Å². The van der Waals surface area contributed by atoms with Crippen LogP contribution in [0.15, 0.2) is 48.7 Å². The summed E-state index contributed by atoms with van der Waals surface area (Å²) in [5.74, 6) is 0.289. The number of piperazine rings is 1. The number of ether oxygens (including phenoxy) is 1. The van der Waals surface area contributed by atoms with E-state index in [4.69, 9.17) is 4.74 Å². The lowest BCUT2D eigenvalue weighted by Gasteiger charge is -2.36. The Balaban J connectivity index is 1.42. The Hall–Kier alpha value is -3.29. The number of hydrogen-bond acceptors (Lipinski definition) is 5. The van der Waals surface area contributed by atoms with Crippen LogP contribution in [0.1, 0.15) is 6.92 Å². The number of hydrogen-bond donors (Lipinski definition) is 2. The highest BCUT2D eigenvalue weighted by Crippen LogP contribution is 2.16. The summed E-state index contributed by atoms with van der Waals surface area (Å²) in [6.07, 6.45) is 1.49. The average molecular weight is 383 g/mol. The molecule has 1 aromatic heterocycles. The highest BCUT2D eigenvalue weighted by Gasteiger charge is 2.21. The summed E-state index contributed by atoms with van der Waals surface area (Å²) >= 11 is 0. The molecule has 1 aromatic carbocycles. The van der Waals surface area contributed by atoms with Crippen LogP contribution in [-0.2, 0) is 4.79 Å². The van der Waals surface area contributed by atoms with Crippen molar-refractivity contribution in [1.29, 1.82) is 0 Å². The van der Waals surface area contributed by atoms with Crippen molar-refractivity contribution in [3.8, 4) is 5.88 Å². The number of rotatable bonds is 6. The summed E-state index contributed by atoms with van der Waals surface area (Å²) in [6, 6.07) is 13.2. The van der Waals surface area contributed by atoms with E-state index >= 15 is 0 Å². The Morgan fingerprint density at radius 2 is 1.82 bits per heavy atom. The molecule has 1 fully saturated rings. The molecule has 0 aliphatic carbocycles. The van der Waals surface area contributed by atoms with Crippen molar-refractivity contribution < 1.29 is 14.3 Å². The van der Waals surface area contributed by atoms with Gasteiger partial charge in [-0.05, 0) is 25.1 Å². The molecule has 8 nitrogen and oxygen atoms in total. The maximum absolute atomic E-state index is 12.4. The molecule has 1 saturated heterocycles. The molecule has 0 atom stereocenters. The maximum Gasteiger partial charge on any atom is 0.319 e. The van der Waals surface area contributed by atoms with Gasteiger partial charge in [0.15, 0.2) is 6.61 Å². The summed E-state index contributed by atoms with van der Waals surface area (Å²) in [5.41, 5.74) is 1.73. The van der Waals surface area contributed by atoms with Gasteiger partial charge in [-0.3, -0.25) is 4.79 Å². The maximum atomic E-state index is 12.4. The molecular formula is C20H25N5O3. The van der Waals surface area contributed by atoms with Crippen molar-refractivity contribution in [3.05, 3.63) is 48.7 Å². The van der Waals surface area contributed by atoms with Gasteiger partial charge in [-0.15, -0.1) is 0 Å². The van der Waals surface area contributed by atoms with Crippen molar-refractivity contribution in [2.75, 3.05) is 49.5 Å². The van der Waals surface area contributed by atoms with Gasteiger partial charge in [-0.1, -0.05) is 18.2 Å². The number of nitrogens with one attached hydrogen (secondary N) is 2. The van der Waals surface area contributed by atoms with Crippen molar-refractivity contribution in [1.82, 2.24) is 15.2 Å². The number of carbonyl (C=O) groups is 2. The monoisotopic (exact) mass is 383 g/mol. The first-order valence-corrected chi connectivity index (χ1v) is 9.37. The van der Waals surface area contributed by atoms with Crippen LogP contribution in [0.5, 0.6) is 5.88 Å². The second-order valence-electron chi connectivity index (χ2n) is 6.36. The minimum atomic E-state index is -0.289. The van der Waals surface area contributed by atoms with E-state index < -0.39 is 0 Å². The standard InChI is InChI=1S/C20H25N5O3/c1-2-21-20(27)23-16-8-9-18(22-14-16)28-15-19(26)25-12-10-24(11-13-25)17-6-4-3-5-7-17/h3-9,14H,2,10-13,15H2,1H3,(H2,21,23,27). The first kappa shape index (κ1) is 19.5. The Bertz CT molecular complexity index is 774. The van der Waals surface area contributed by atoms with Gasteiger partial charge >= 0.3 is 6.03 Å². The Labute approximate surface area is 164 Å². The summed E-state index contributed by atoms with van der Waals surface area (Å²) < 4.78 is 5.50. The number of urea groups is 1. The molecule has 0 unspecified atom stereocenters. The molecule has 3 rings (SSSR count). The van der Waals surface area contributed by atoms with Gasteiger partial charge in [0.2, 0.25) is 5.88 Å². The topological polar surface area (TPSA) is 86.8 Å². The van der Waals surface area contributed by atoms with Crippen LogP contribution in [0.25, 0.3) is 0 Å². The third-order valence-electron chi connectivity index (χ3n) is 4.43. The number of para-hydroxylation sites is 1. The van der Waals surface area contributed by atoms with Crippen molar-refractivity contribution >= 4 is 23.3 Å². The lowest BCUT2D eigenvalue weighted by molar-refractivity contribution is -0.133. The first-order valence-electron chi connectivity index (χ1n) is 9.37. The lowest BCUT2D eigenvalue weighted by atomic mass is 10.2. The van der Waals surface area contributed by atoms with E-state index in [0.717, 1.165) is 13.1 Å². The molecule has 148 valence electrons. The smallest absolute Gasteiger partial charge is 0.319 e. The van der Waals surface area contributed by atoms with Crippen LogP contribution in [0.2, 0.25) is 0 Å². The molecule has 2 N–H and O–H groups in total. The van der Waals surface area contributed by atoms with Gasteiger partial charge in [0.1, 0.15) is 0 Å². The minimum Gasteiger partial charge on any atom is -0.468 e. The van der Waals surface area contributed by atoms with Crippen molar-refractivity contribution in [3.63, 3.8) is 0 Å². The quantitative estimate of drug-likeness (QED) is 0.796. The Morgan fingerprint density at radius 3 is 2.46 bits per heavy atom. The summed E-state index contributed by atoms with van der Waals surface area (Å²) in [4.78, 5) is 32.1. The predicted octanol–water partition coefficient (Wildman–Crippen LogP) is 1.95. The van der Waals surface area contributed by atoms with E-state index in [2.05, 4.69) is 32.7 Å². The number of amides is 3. The van der Waals surface area contributed by atoms with Gasteiger partial charge in [-0.25, -0.2) is 9.78 Å². The third-order valence-corrected chi connectivity index (χ3v) is 4.43. The van der Waals surface area contributed by atoms with E-state index in [9.17, 15) is 9.59 Å². The molecular weight excluding hydrogens is 358 g/mol. The highest BCUT2D eigenvalue weighted by molar-refractivity contribution is 5.88. The van der Waals surface area contributed by atoms with E-state index in [1.165, 1.54) is 11.9 Å². The van der Waals surface area contributed by atoms with Crippen LogP contribution >= 0.6 is 0 Å². The van der Waals surface area contributed by atoms with Gasteiger partial charge in [0.25, 0.3) is 5.91 Å². The van der Waals surface area contributed by atoms with Crippen LogP contribution in [0.4, 0.5) is 16.2 Å². The molecule has 2 aromatic rings. The number of carbonyl (C=O) groups excluding carboxylic acids is 2. The zero-order valence-corrected chi connectivity index (χ0v) is 15.9. The van der Waals surface area contributed by atoms with Gasteiger partial charge in [0, 0.05) is 44.5 Å². The van der Waals surface area contributed by atoms with E-state index in [1.54, 1.807) is 12.1 Å². The molecule has 0 saturated carbocycles. The molecule has 0 spiro atoms.